The Morgan fingerprint density at radius 3 is 2.25 bits per heavy atom. The maximum atomic E-state index is 5.94. The highest BCUT2D eigenvalue weighted by atomic mass is 35.5. The molecular weight excluding hydrogens is 474 g/mol. The zero-order chi connectivity index (χ0) is 24.6. The predicted octanol–water partition coefficient (Wildman–Crippen LogP) is 3.84. The Hall–Kier alpha value is -3.39. The number of imidazole rings is 1. The van der Waals surface area contributed by atoms with Crippen LogP contribution >= 0.6 is 11.6 Å². The summed E-state index contributed by atoms with van der Waals surface area (Å²) in [6.45, 7) is 7.29. The zero-order valence-corrected chi connectivity index (χ0v) is 21.0. The molecule has 0 radical (unpaired) electrons. The number of nitrogens with one attached hydrogen (secondary N) is 1. The van der Waals surface area contributed by atoms with Gasteiger partial charge in [0.15, 0.2) is 18.9 Å². The molecular formula is C28H31ClN5O2+. The van der Waals surface area contributed by atoms with Crippen LogP contribution in [0.5, 0.6) is 11.5 Å². The number of rotatable bonds is 10. The van der Waals surface area contributed by atoms with Gasteiger partial charge < -0.3 is 19.4 Å². The smallest absolute Gasteiger partial charge is 0.182 e. The van der Waals surface area contributed by atoms with Gasteiger partial charge in [-0.1, -0.05) is 11.6 Å². The molecule has 3 heterocycles. The number of hydrogen-bond acceptors (Lipinski definition) is 5. The van der Waals surface area contributed by atoms with E-state index in [2.05, 4.69) is 27.3 Å². The lowest BCUT2D eigenvalue weighted by Crippen LogP contribution is -2.44. The first-order valence-electron chi connectivity index (χ1n) is 12.3. The summed E-state index contributed by atoms with van der Waals surface area (Å²) in [6.07, 6.45) is 7.76. The number of piperazine rings is 1. The summed E-state index contributed by atoms with van der Waals surface area (Å²) < 4.78 is 15.9. The molecule has 0 aliphatic carbocycles. The van der Waals surface area contributed by atoms with E-state index in [9.17, 15) is 0 Å². The highest BCUT2D eigenvalue weighted by molar-refractivity contribution is 6.30. The molecule has 1 aliphatic rings. The molecule has 0 bridgehead atoms. The van der Waals surface area contributed by atoms with Gasteiger partial charge in [-0.15, -0.1) is 0 Å². The van der Waals surface area contributed by atoms with E-state index < -0.39 is 0 Å². The summed E-state index contributed by atoms with van der Waals surface area (Å²) in [5, 5.41) is 4.10. The van der Waals surface area contributed by atoms with Crippen LogP contribution in [-0.4, -0.2) is 60.4 Å². The lowest BCUT2D eigenvalue weighted by atomic mass is 10.1. The first-order valence-corrected chi connectivity index (χ1v) is 12.7. The largest absolute Gasteiger partial charge is 0.492 e. The van der Waals surface area contributed by atoms with Crippen molar-refractivity contribution in [1.29, 1.82) is 0 Å². The maximum absolute atomic E-state index is 5.94. The van der Waals surface area contributed by atoms with Crippen LogP contribution < -0.4 is 19.4 Å². The van der Waals surface area contributed by atoms with Crippen molar-refractivity contribution < 1.29 is 14.0 Å². The number of hydrogen-bond donors (Lipinski definition) is 1. The summed E-state index contributed by atoms with van der Waals surface area (Å²) >= 11 is 5.93. The number of ether oxygens (including phenoxy) is 2. The van der Waals surface area contributed by atoms with E-state index in [0.717, 1.165) is 72.7 Å². The van der Waals surface area contributed by atoms with Crippen molar-refractivity contribution in [3.63, 3.8) is 0 Å². The number of pyridine rings is 1. The maximum Gasteiger partial charge on any atom is 0.182 e. The van der Waals surface area contributed by atoms with E-state index >= 15 is 0 Å². The fourth-order valence-electron chi connectivity index (χ4n) is 4.13. The van der Waals surface area contributed by atoms with Crippen molar-refractivity contribution in [1.82, 2.24) is 19.8 Å². The average molecular weight is 505 g/mol. The van der Waals surface area contributed by atoms with Crippen molar-refractivity contribution in [2.24, 2.45) is 0 Å². The summed E-state index contributed by atoms with van der Waals surface area (Å²) in [6, 6.07) is 19.9. The van der Waals surface area contributed by atoms with Crippen LogP contribution in [0.4, 0.5) is 0 Å². The Balaban J connectivity index is 1.11. The molecule has 0 unspecified atom stereocenters. The van der Waals surface area contributed by atoms with E-state index in [1.54, 1.807) is 0 Å². The number of nitrogens with zero attached hydrogens (tertiary/aromatic N) is 4. The summed E-state index contributed by atoms with van der Waals surface area (Å²) in [5.74, 6) is 1.72. The minimum absolute atomic E-state index is 0.579. The van der Waals surface area contributed by atoms with Gasteiger partial charge in [-0.2, -0.15) is 0 Å². The minimum Gasteiger partial charge on any atom is -0.492 e. The molecule has 186 valence electrons. The van der Waals surface area contributed by atoms with Crippen LogP contribution in [0.3, 0.4) is 0 Å². The van der Waals surface area contributed by atoms with Gasteiger partial charge in [0.1, 0.15) is 24.7 Å². The Bertz CT molecular complexity index is 1220. The average Bonchev–Trinajstić information content (AvgIpc) is 3.42. The Labute approximate surface area is 216 Å². The van der Waals surface area contributed by atoms with Crippen LogP contribution in [0.25, 0.3) is 16.9 Å². The molecule has 2 aromatic carbocycles. The monoisotopic (exact) mass is 504 g/mol. The molecule has 1 aliphatic heterocycles. The number of halogens is 1. The van der Waals surface area contributed by atoms with Gasteiger partial charge >= 0.3 is 0 Å². The van der Waals surface area contributed by atoms with Crippen LogP contribution in [0, 0.1) is 0 Å². The minimum atomic E-state index is 0.579. The van der Waals surface area contributed by atoms with Crippen molar-refractivity contribution in [2.45, 2.75) is 6.54 Å². The van der Waals surface area contributed by atoms with Crippen molar-refractivity contribution in [2.75, 3.05) is 45.9 Å². The molecule has 7 nitrogen and oxygen atoms in total. The van der Waals surface area contributed by atoms with E-state index in [4.69, 9.17) is 21.1 Å². The van der Waals surface area contributed by atoms with Gasteiger partial charge in [-0.05, 0) is 48.5 Å². The first kappa shape index (κ1) is 24.3. The molecule has 0 spiro atoms. The SMILES string of the molecule is Clc1cc[n+](CCOc2ccc(-c3cn(-c4ccc(OCCN5CCNCC5)cc4)cn3)cc2)cc1. The molecule has 5 rings (SSSR count). The number of benzene rings is 2. The lowest BCUT2D eigenvalue weighted by molar-refractivity contribution is -0.697. The molecule has 0 atom stereocenters. The third kappa shape index (κ3) is 6.63. The van der Waals surface area contributed by atoms with E-state index in [1.165, 1.54) is 0 Å². The topological polar surface area (TPSA) is 55.4 Å². The van der Waals surface area contributed by atoms with Gasteiger partial charge in [0.05, 0.1) is 17.0 Å². The van der Waals surface area contributed by atoms with Gasteiger partial charge in [-0.3, -0.25) is 4.90 Å². The van der Waals surface area contributed by atoms with Crippen molar-refractivity contribution in [3.05, 3.63) is 90.6 Å². The van der Waals surface area contributed by atoms with E-state index in [1.807, 2.05) is 82.6 Å². The van der Waals surface area contributed by atoms with Crippen molar-refractivity contribution >= 4 is 11.6 Å². The zero-order valence-electron chi connectivity index (χ0n) is 20.2. The van der Waals surface area contributed by atoms with E-state index in [-0.39, 0.29) is 0 Å². The lowest BCUT2D eigenvalue weighted by Gasteiger charge is -2.26. The second-order valence-corrected chi connectivity index (χ2v) is 9.16. The highest BCUT2D eigenvalue weighted by Gasteiger charge is 2.09. The van der Waals surface area contributed by atoms with Crippen LogP contribution in [0.1, 0.15) is 0 Å². The van der Waals surface area contributed by atoms with Gasteiger partial charge in [0.25, 0.3) is 0 Å². The molecule has 36 heavy (non-hydrogen) atoms. The highest BCUT2D eigenvalue weighted by Crippen LogP contribution is 2.23. The second kappa shape index (κ2) is 12.0. The summed E-state index contributed by atoms with van der Waals surface area (Å²) in [5.41, 5.74) is 3.00. The van der Waals surface area contributed by atoms with Crippen LogP contribution in [0.15, 0.2) is 85.6 Å². The summed E-state index contributed by atoms with van der Waals surface area (Å²) in [4.78, 5) is 7.02. The van der Waals surface area contributed by atoms with Crippen LogP contribution in [-0.2, 0) is 6.54 Å². The first-order chi connectivity index (χ1) is 17.7. The van der Waals surface area contributed by atoms with Crippen LogP contribution in [0.2, 0.25) is 5.02 Å². The third-order valence-corrected chi connectivity index (χ3v) is 6.47. The fraction of sp³-hybridized carbons (Fsp3) is 0.286. The standard InChI is InChI=1S/C28H31ClN5O2/c29-24-9-13-32(14-10-24)17-19-35-26-5-1-23(2-6-26)28-21-34(22-31-28)25-3-7-27(8-4-25)36-20-18-33-15-11-30-12-16-33/h1-10,13-14,21-22,30H,11-12,15-20H2/q+1. The number of aromatic nitrogens is 3. The quantitative estimate of drug-likeness (QED) is 0.332. The second-order valence-electron chi connectivity index (χ2n) is 8.73. The normalized spacial score (nSPS) is 14.0. The van der Waals surface area contributed by atoms with E-state index in [0.29, 0.717) is 13.2 Å². The Kier molecular flexibility index (Phi) is 8.13. The molecule has 1 saturated heterocycles. The molecule has 0 amide bonds. The van der Waals surface area contributed by atoms with Crippen molar-refractivity contribution in [3.8, 4) is 28.4 Å². The Morgan fingerprint density at radius 1 is 0.861 bits per heavy atom. The predicted molar refractivity (Wildman–Crippen MR) is 141 cm³/mol. The molecule has 1 N–H and O–H groups in total. The molecule has 1 fully saturated rings. The summed E-state index contributed by atoms with van der Waals surface area (Å²) in [7, 11) is 0. The van der Waals surface area contributed by atoms with Gasteiger partial charge in [0.2, 0.25) is 0 Å². The molecule has 4 aromatic rings. The molecule has 0 saturated carbocycles. The van der Waals surface area contributed by atoms with Gasteiger partial charge in [-0.25, -0.2) is 9.55 Å². The molecule has 2 aromatic heterocycles. The van der Waals surface area contributed by atoms with Gasteiger partial charge in [0, 0.05) is 62.3 Å². The molecule has 8 heteroatoms. The Morgan fingerprint density at radius 2 is 1.53 bits per heavy atom. The fourth-order valence-corrected chi connectivity index (χ4v) is 4.25. The third-order valence-electron chi connectivity index (χ3n) is 6.22.